The number of hydrogen-bond acceptors (Lipinski definition) is 3. The molecule has 2 aromatic carbocycles. The van der Waals surface area contributed by atoms with Gasteiger partial charge in [0.1, 0.15) is 5.82 Å². The summed E-state index contributed by atoms with van der Waals surface area (Å²) in [7, 11) is 0. The van der Waals surface area contributed by atoms with Crippen molar-refractivity contribution in [3.63, 3.8) is 0 Å². The van der Waals surface area contributed by atoms with Crippen molar-refractivity contribution < 1.29 is 18.0 Å². The summed E-state index contributed by atoms with van der Waals surface area (Å²) in [5.41, 5.74) is 1.88. The molecule has 0 aliphatic rings. The first-order valence-corrected chi connectivity index (χ1v) is 7.67. The number of alkyl halides is 2. The summed E-state index contributed by atoms with van der Waals surface area (Å²) >= 11 is 0.443. The van der Waals surface area contributed by atoms with Crippen molar-refractivity contribution in [2.24, 2.45) is 0 Å². The first kappa shape index (κ1) is 17.2. The highest BCUT2D eigenvalue weighted by Gasteiger charge is 2.07. The number of benzene rings is 2. The summed E-state index contributed by atoms with van der Waals surface area (Å²) < 4.78 is 37.6. The predicted molar refractivity (Wildman–Crippen MR) is 86.6 cm³/mol. The molecule has 122 valence electrons. The molecule has 0 aliphatic carbocycles. The van der Waals surface area contributed by atoms with Crippen LogP contribution in [-0.2, 0) is 4.79 Å². The number of amides is 1. The second kappa shape index (κ2) is 7.92. The van der Waals surface area contributed by atoms with Crippen LogP contribution >= 0.6 is 11.8 Å². The van der Waals surface area contributed by atoms with Gasteiger partial charge in [-0.3, -0.25) is 4.79 Å². The van der Waals surface area contributed by atoms with Crippen LogP contribution in [0.1, 0.15) is 5.56 Å². The fraction of sp³-hybridized carbons (Fsp3) is 0.188. The van der Waals surface area contributed by atoms with Crippen molar-refractivity contribution in [2.75, 3.05) is 17.2 Å². The molecule has 23 heavy (non-hydrogen) atoms. The van der Waals surface area contributed by atoms with Gasteiger partial charge in [-0.15, -0.1) is 0 Å². The molecule has 1 amide bonds. The third kappa shape index (κ3) is 5.52. The van der Waals surface area contributed by atoms with Crippen LogP contribution in [0, 0.1) is 12.7 Å². The van der Waals surface area contributed by atoms with Gasteiger partial charge in [0.25, 0.3) is 5.76 Å². The SMILES string of the molecule is Cc1ccc(F)cc1NCC(=O)Nc1ccc(SC(F)F)cc1. The number of carbonyl (C=O) groups is 1. The van der Waals surface area contributed by atoms with E-state index in [1.54, 1.807) is 25.1 Å². The zero-order chi connectivity index (χ0) is 16.8. The number of carbonyl (C=O) groups excluding carboxylic acids is 1. The Bertz CT molecular complexity index is 678. The Labute approximate surface area is 136 Å². The Morgan fingerprint density at radius 3 is 2.52 bits per heavy atom. The Kier molecular flexibility index (Phi) is 5.92. The molecule has 0 fully saturated rings. The van der Waals surface area contributed by atoms with E-state index in [0.29, 0.717) is 28.0 Å². The molecule has 2 rings (SSSR count). The van der Waals surface area contributed by atoms with Crippen LogP contribution in [0.5, 0.6) is 0 Å². The summed E-state index contributed by atoms with van der Waals surface area (Å²) in [5, 5.41) is 5.49. The van der Waals surface area contributed by atoms with Crippen LogP contribution in [0.3, 0.4) is 0 Å². The lowest BCUT2D eigenvalue weighted by Crippen LogP contribution is -2.22. The highest BCUT2D eigenvalue weighted by atomic mass is 32.2. The zero-order valence-corrected chi connectivity index (χ0v) is 13.1. The van der Waals surface area contributed by atoms with Gasteiger partial charge in [-0.2, -0.15) is 8.78 Å². The summed E-state index contributed by atoms with van der Waals surface area (Å²) in [6.45, 7) is 1.77. The van der Waals surface area contributed by atoms with E-state index in [-0.39, 0.29) is 18.3 Å². The maximum absolute atomic E-state index is 13.2. The van der Waals surface area contributed by atoms with Crippen molar-refractivity contribution in [3.8, 4) is 0 Å². The summed E-state index contributed by atoms with van der Waals surface area (Å²) in [6, 6.07) is 10.4. The molecule has 2 N–H and O–H groups in total. The van der Waals surface area contributed by atoms with E-state index in [0.717, 1.165) is 5.56 Å². The van der Waals surface area contributed by atoms with E-state index in [9.17, 15) is 18.0 Å². The van der Waals surface area contributed by atoms with Gasteiger partial charge in [0.05, 0.1) is 6.54 Å². The monoisotopic (exact) mass is 340 g/mol. The van der Waals surface area contributed by atoms with Gasteiger partial charge in [0, 0.05) is 16.3 Å². The van der Waals surface area contributed by atoms with E-state index in [4.69, 9.17) is 0 Å². The summed E-state index contributed by atoms with van der Waals surface area (Å²) in [6.07, 6.45) is 0. The average Bonchev–Trinajstić information content (AvgIpc) is 2.50. The molecule has 0 atom stereocenters. The fourth-order valence-corrected chi connectivity index (χ4v) is 2.38. The van der Waals surface area contributed by atoms with Gasteiger partial charge >= 0.3 is 0 Å². The number of hydrogen-bond donors (Lipinski definition) is 2. The maximum Gasteiger partial charge on any atom is 0.288 e. The quantitative estimate of drug-likeness (QED) is 0.761. The number of anilines is 2. The summed E-state index contributed by atoms with van der Waals surface area (Å²) in [5.74, 6) is -3.18. The molecule has 0 saturated carbocycles. The van der Waals surface area contributed by atoms with Crippen molar-refractivity contribution in [2.45, 2.75) is 17.6 Å². The Balaban J connectivity index is 1.88. The fourth-order valence-electron chi connectivity index (χ4n) is 1.89. The average molecular weight is 340 g/mol. The van der Waals surface area contributed by atoms with Crippen molar-refractivity contribution >= 4 is 29.0 Å². The predicted octanol–water partition coefficient (Wildman–Crippen LogP) is 4.50. The maximum atomic E-state index is 13.2. The molecule has 0 saturated heterocycles. The second-order valence-corrected chi connectivity index (χ2v) is 5.83. The minimum Gasteiger partial charge on any atom is -0.376 e. The third-order valence-corrected chi connectivity index (χ3v) is 3.72. The lowest BCUT2D eigenvalue weighted by Gasteiger charge is -2.10. The van der Waals surface area contributed by atoms with Crippen LogP contribution in [0.4, 0.5) is 24.5 Å². The number of rotatable bonds is 6. The van der Waals surface area contributed by atoms with Crippen molar-refractivity contribution in [3.05, 3.63) is 53.8 Å². The molecule has 0 bridgehead atoms. The lowest BCUT2D eigenvalue weighted by molar-refractivity contribution is -0.114. The lowest BCUT2D eigenvalue weighted by atomic mass is 10.2. The van der Waals surface area contributed by atoms with Gasteiger partial charge in [-0.05, 0) is 48.9 Å². The highest BCUT2D eigenvalue weighted by Crippen LogP contribution is 2.26. The molecule has 0 heterocycles. The molecule has 3 nitrogen and oxygen atoms in total. The topological polar surface area (TPSA) is 41.1 Å². The van der Waals surface area contributed by atoms with Crippen molar-refractivity contribution in [1.29, 1.82) is 0 Å². The first-order chi connectivity index (χ1) is 10.9. The van der Waals surface area contributed by atoms with E-state index in [1.165, 1.54) is 24.3 Å². The van der Waals surface area contributed by atoms with Crippen molar-refractivity contribution in [1.82, 2.24) is 0 Å². The molecule has 0 radical (unpaired) electrons. The van der Waals surface area contributed by atoms with Crippen LogP contribution in [0.2, 0.25) is 0 Å². The normalized spacial score (nSPS) is 10.7. The Morgan fingerprint density at radius 2 is 1.87 bits per heavy atom. The standard InChI is InChI=1S/C16H15F3N2OS/c1-10-2-3-11(17)8-14(10)20-9-15(22)21-12-4-6-13(7-5-12)23-16(18)19/h2-8,16,20H,9H2,1H3,(H,21,22). The molecule has 0 aromatic heterocycles. The largest absolute Gasteiger partial charge is 0.376 e. The van der Waals surface area contributed by atoms with Gasteiger partial charge in [-0.25, -0.2) is 4.39 Å². The number of thioether (sulfide) groups is 1. The van der Waals surface area contributed by atoms with Crippen LogP contribution < -0.4 is 10.6 Å². The Morgan fingerprint density at radius 1 is 1.17 bits per heavy atom. The number of nitrogens with one attached hydrogen (secondary N) is 2. The van der Waals surface area contributed by atoms with Gasteiger partial charge in [0.2, 0.25) is 5.91 Å². The second-order valence-electron chi connectivity index (χ2n) is 4.76. The smallest absolute Gasteiger partial charge is 0.288 e. The number of aryl methyl sites for hydroxylation is 1. The molecule has 2 aromatic rings. The number of halogens is 3. The van der Waals surface area contributed by atoms with Gasteiger partial charge in [-0.1, -0.05) is 17.8 Å². The Hall–Kier alpha value is -2.15. The zero-order valence-electron chi connectivity index (χ0n) is 12.3. The minimum absolute atomic E-state index is 0.0299. The minimum atomic E-state index is -2.48. The highest BCUT2D eigenvalue weighted by molar-refractivity contribution is 7.99. The third-order valence-electron chi connectivity index (χ3n) is 3.00. The van der Waals surface area contributed by atoms with Gasteiger partial charge in [0.15, 0.2) is 0 Å². The summed E-state index contributed by atoms with van der Waals surface area (Å²) in [4.78, 5) is 12.3. The van der Waals surface area contributed by atoms with Crippen LogP contribution in [0.15, 0.2) is 47.4 Å². The molecular weight excluding hydrogens is 325 g/mol. The first-order valence-electron chi connectivity index (χ1n) is 6.79. The molecular formula is C16H15F3N2OS. The van der Waals surface area contributed by atoms with E-state index >= 15 is 0 Å². The van der Waals surface area contributed by atoms with Crippen LogP contribution in [-0.4, -0.2) is 18.2 Å². The van der Waals surface area contributed by atoms with Crippen LogP contribution in [0.25, 0.3) is 0 Å². The molecule has 0 unspecified atom stereocenters. The molecule has 0 spiro atoms. The molecule has 7 heteroatoms. The van der Waals surface area contributed by atoms with E-state index < -0.39 is 5.76 Å². The van der Waals surface area contributed by atoms with Gasteiger partial charge < -0.3 is 10.6 Å². The van der Waals surface area contributed by atoms with E-state index in [2.05, 4.69) is 10.6 Å². The van der Waals surface area contributed by atoms with E-state index in [1.807, 2.05) is 0 Å². The molecule has 0 aliphatic heterocycles.